The molecule has 2 saturated carbocycles. The molecule has 84 valence electrons. The molecular formula is C14H15FO. The van der Waals surface area contributed by atoms with Crippen molar-refractivity contribution in [3.05, 3.63) is 35.1 Å². The van der Waals surface area contributed by atoms with E-state index in [2.05, 4.69) is 0 Å². The first-order valence-electron chi connectivity index (χ1n) is 5.99. The van der Waals surface area contributed by atoms with Crippen LogP contribution in [0.5, 0.6) is 0 Å². The number of hydrogen-bond acceptors (Lipinski definition) is 1. The third-order valence-corrected chi connectivity index (χ3v) is 4.16. The number of aryl methyl sites for hydroxylation is 1. The third kappa shape index (κ3) is 1.40. The predicted octanol–water partition coefficient (Wildman–Crippen LogP) is 3.36. The summed E-state index contributed by atoms with van der Waals surface area (Å²) in [7, 11) is 0. The lowest BCUT2D eigenvalue weighted by molar-refractivity contribution is 0.0951. The summed E-state index contributed by atoms with van der Waals surface area (Å²) in [5, 5.41) is 0. The van der Waals surface area contributed by atoms with Crippen LogP contribution in [0, 0.1) is 30.5 Å². The molecule has 2 heteroatoms. The summed E-state index contributed by atoms with van der Waals surface area (Å²) in [5.74, 6) is 1.50. The molecule has 0 amide bonds. The quantitative estimate of drug-likeness (QED) is 0.695. The Morgan fingerprint density at radius 2 is 2.00 bits per heavy atom. The van der Waals surface area contributed by atoms with Crippen LogP contribution in [0.15, 0.2) is 18.2 Å². The average Bonchev–Trinajstić information content (AvgIpc) is 2.71. The molecule has 0 spiro atoms. The Labute approximate surface area is 94.7 Å². The number of ketones is 1. The molecule has 0 aromatic heterocycles. The van der Waals surface area contributed by atoms with Gasteiger partial charge in [-0.2, -0.15) is 0 Å². The summed E-state index contributed by atoms with van der Waals surface area (Å²) < 4.78 is 12.9. The minimum absolute atomic E-state index is 0.243. The van der Waals surface area contributed by atoms with Gasteiger partial charge in [0.15, 0.2) is 5.78 Å². The number of benzene rings is 1. The van der Waals surface area contributed by atoms with Gasteiger partial charge in [-0.1, -0.05) is 6.42 Å². The van der Waals surface area contributed by atoms with Gasteiger partial charge in [0, 0.05) is 11.5 Å². The molecule has 3 rings (SSSR count). The van der Waals surface area contributed by atoms with E-state index in [1.165, 1.54) is 31.4 Å². The molecular weight excluding hydrogens is 203 g/mol. The molecule has 1 nitrogen and oxygen atoms in total. The Hall–Kier alpha value is -1.18. The SMILES string of the molecule is Cc1cc(F)ccc1C(=O)C1C2CCCC21. The number of carbonyl (C=O) groups is 1. The maximum Gasteiger partial charge on any atom is 0.166 e. The molecule has 2 fully saturated rings. The highest BCUT2D eigenvalue weighted by atomic mass is 19.1. The number of fused-ring (bicyclic) bond motifs is 1. The van der Waals surface area contributed by atoms with Gasteiger partial charge >= 0.3 is 0 Å². The van der Waals surface area contributed by atoms with Crippen LogP contribution in [0.1, 0.15) is 35.2 Å². The Kier molecular flexibility index (Phi) is 2.13. The lowest BCUT2D eigenvalue weighted by atomic mass is 9.98. The lowest BCUT2D eigenvalue weighted by Crippen LogP contribution is -2.08. The second kappa shape index (κ2) is 3.41. The van der Waals surface area contributed by atoms with Crippen molar-refractivity contribution in [2.45, 2.75) is 26.2 Å². The predicted molar refractivity (Wildman–Crippen MR) is 59.8 cm³/mol. The summed E-state index contributed by atoms with van der Waals surface area (Å²) in [6.07, 6.45) is 3.70. The topological polar surface area (TPSA) is 17.1 Å². The first-order chi connectivity index (χ1) is 7.68. The average molecular weight is 218 g/mol. The summed E-state index contributed by atoms with van der Waals surface area (Å²) >= 11 is 0. The summed E-state index contributed by atoms with van der Waals surface area (Å²) in [5.41, 5.74) is 1.50. The largest absolute Gasteiger partial charge is 0.294 e. The van der Waals surface area contributed by atoms with Gasteiger partial charge in [-0.25, -0.2) is 4.39 Å². The van der Waals surface area contributed by atoms with Crippen molar-refractivity contribution >= 4 is 5.78 Å². The maximum atomic E-state index is 12.9. The first kappa shape index (κ1) is 10.0. The molecule has 1 aromatic carbocycles. The molecule has 2 aliphatic carbocycles. The monoisotopic (exact) mass is 218 g/mol. The van der Waals surface area contributed by atoms with E-state index in [1.54, 1.807) is 6.07 Å². The van der Waals surface area contributed by atoms with Crippen LogP contribution in [-0.2, 0) is 0 Å². The molecule has 0 radical (unpaired) electrons. The van der Waals surface area contributed by atoms with Gasteiger partial charge in [-0.05, 0) is 55.4 Å². The van der Waals surface area contributed by atoms with E-state index in [0.29, 0.717) is 11.8 Å². The van der Waals surface area contributed by atoms with Gasteiger partial charge in [0.1, 0.15) is 5.82 Å². The van der Waals surface area contributed by atoms with Crippen molar-refractivity contribution in [1.29, 1.82) is 0 Å². The van der Waals surface area contributed by atoms with Gasteiger partial charge in [0.05, 0.1) is 0 Å². The normalized spacial score (nSPS) is 31.2. The van der Waals surface area contributed by atoms with E-state index in [0.717, 1.165) is 11.1 Å². The fraction of sp³-hybridized carbons (Fsp3) is 0.500. The van der Waals surface area contributed by atoms with E-state index in [4.69, 9.17) is 0 Å². The van der Waals surface area contributed by atoms with Crippen molar-refractivity contribution in [1.82, 2.24) is 0 Å². The minimum atomic E-state index is -0.259. The van der Waals surface area contributed by atoms with E-state index in [-0.39, 0.29) is 17.5 Å². The number of rotatable bonds is 2. The van der Waals surface area contributed by atoms with Crippen molar-refractivity contribution < 1.29 is 9.18 Å². The van der Waals surface area contributed by atoms with Crippen LogP contribution in [0.25, 0.3) is 0 Å². The Balaban J connectivity index is 1.85. The van der Waals surface area contributed by atoms with Crippen molar-refractivity contribution in [2.24, 2.45) is 17.8 Å². The van der Waals surface area contributed by atoms with Crippen LogP contribution in [0.2, 0.25) is 0 Å². The fourth-order valence-electron chi connectivity index (χ4n) is 3.29. The van der Waals surface area contributed by atoms with Gasteiger partial charge in [0.25, 0.3) is 0 Å². The number of hydrogen-bond donors (Lipinski definition) is 0. The van der Waals surface area contributed by atoms with Gasteiger partial charge in [0.2, 0.25) is 0 Å². The van der Waals surface area contributed by atoms with Crippen LogP contribution in [-0.4, -0.2) is 5.78 Å². The molecule has 16 heavy (non-hydrogen) atoms. The van der Waals surface area contributed by atoms with E-state index >= 15 is 0 Å². The van der Waals surface area contributed by atoms with Gasteiger partial charge in [-0.3, -0.25) is 4.79 Å². The van der Waals surface area contributed by atoms with Crippen molar-refractivity contribution in [3.8, 4) is 0 Å². The first-order valence-corrected chi connectivity index (χ1v) is 5.99. The lowest BCUT2D eigenvalue weighted by Gasteiger charge is -2.06. The number of halogens is 1. The second-order valence-corrected chi connectivity index (χ2v) is 5.11. The molecule has 0 heterocycles. The fourth-order valence-corrected chi connectivity index (χ4v) is 3.29. The molecule has 0 aliphatic heterocycles. The maximum absolute atomic E-state index is 12.9. The Morgan fingerprint density at radius 3 is 2.62 bits per heavy atom. The number of Topliss-reactive ketones (excluding diaryl/α,β-unsaturated/α-hetero) is 1. The van der Waals surface area contributed by atoms with Crippen molar-refractivity contribution in [3.63, 3.8) is 0 Å². The smallest absolute Gasteiger partial charge is 0.166 e. The highest BCUT2D eigenvalue weighted by molar-refractivity contribution is 6.01. The molecule has 2 aliphatic rings. The molecule has 1 aromatic rings. The molecule has 2 atom stereocenters. The van der Waals surface area contributed by atoms with Gasteiger partial charge < -0.3 is 0 Å². The molecule has 2 unspecified atom stereocenters. The molecule has 0 saturated heterocycles. The second-order valence-electron chi connectivity index (χ2n) is 5.11. The zero-order valence-electron chi connectivity index (χ0n) is 9.37. The Morgan fingerprint density at radius 1 is 1.31 bits per heavy atom. The standard InChI is InChI=1S/C14H15FO/c1-8-7-9(15)5-6-10(8)14(16)13-11-3-2-4-12(11)13/h5-7,11-13H,2-4H2,1H3. The summed E-state index contributed by atoms with van der Waals surface area (Å²) in [6, 6.07) is 4.48. The molecule has 0 bridgehead atoms. The minimum Gasteiger partial charge on any atom is -0.294 e. The third-order valence-electron chi connectivity index (χ3n) is 4.16. The van der Waals surface area contributed by atoms with Crippen molar-refractivity contribution in [2.75, 3.05) is 0 Å². The molecule has 0 N–H and O–H groups in total. The van der Waals surface area contributed by atoms with Crippen LogP contribution in [0.3, 0.4) is 0 Å². The van der Waals surface area contributed by atoms with E-state index in [1.807, 2.05) is 6.92 Å². The zero-order chi connectivity index (χ0) is 11.3. The summed E-state index contributed by atoms with van der Waals surface area (Å²) in [6.45, 7) is 1.81. The highest BCUT2D eigenvalue weighted by Crippen LogP contribution is 2.58. The van der Waals surface area contributed by atoms with Gasteiger partial charge in [-0.15, -0.1) is 0 Å². The zero-order valence-corrected chi connectivity index (χ0v) is 9.37. The highest BCUT2D eigenvalue weighted by Gasteiger charge is 2.56. The van der Waals surface area contributed by atoms with Crippen LogP contribution >= 0.6 is 0 Å². The van der Waals surface area contributed by atoms with E-state index in [9.17, 15) is 9.18 Å². The van der Waals surface area contributed by atoms with Crippen LogP contribution < -0.4 is 0 Å². The van der Waals surface area contributed by atoms with Crippen LogP contribution in [0.4, 0.5) is 4.39 Å². The van der Waals surface area contributed by atoms with E-state index < -0.39 is 0 Å². The Bertz CT molecular complexity index is 442. The number of carbonyl (C=O) groups excluding carboxylic acids is 1. The summed E-state index contributed by atoms with van der Waals surface area (Å²) in [4.78, 5) is 12.2.